The molecule has 2 rings (SSSR count). The molecule has 0 spiro atoms. The second kappa shape index (κ2) is 5.51. The summed E-state index contributed by atoms with van der Waals surface area (Å²) in [7, 11) is 0. The zero-order valence-electron chi connectivity index (χ0n) is 11.3. The van der Waals surface area contributed by atoms with Gasteiger partial charge in [-0.2, -0.15) is 0 Å². The van der Waals surface area contributed by atoms with Gasteiger partial charge in [0.2, 0.25) is 5.91 Å². The Labute approximate surface area is 109 Å². The van der Waals surface area contributed by atoms with E-state index < -0.39 is 0 Å². The van der Waals surface area contributed by atoms with Crippen molar-refractivity contribution in [3.63, 3.8) is 0 Å². The Morgan fingerprint density at radius 3 is 2.78 bits per heavy atom. The third kappa shape index (κ3) is 3.56. The maximum absolute atomic E-state index is 12.1. The van der Waals surface area contributed by atoms with Crippen LogP contribution in [0.1, 0.15) is 45.1 Å². The van der Waals surface area contributed by atoms with Gasteiger partial charge in [-0.15, -0.1) is 0 Å². The molecule has 0 atom stereocenters. The fourth-order valence-electron chi connectivity index (χ4n) is 2.50. The van der Waals surface area contributed by atoms with Crippen LogP contribution in [0, 0.1) is 11.3 Å². The Balaban J connectivity index is 1.79. The quantitative estimate of drug-likeness (QED) is 0.891. The second-order valence-corrected chi connectivity index (χ2v) is 6.02. The topological polar surface area (TPSA) is 42.0 Å². The number of carbonyl (C=O) groups is 1. The van der Waals surface area contributed by atoms with Crippen LogP contribution in [0.5, 0.6) is 0 Å². The average molecular weight is 246 g/mol. The van der Waals surface area contributed by atoms with Crippen LogP contribution in [-0.2, 0) is 11.3 Å². The van der Waals surface area contributed by atoms with Gasteiger partial charge in [-0.3, -0.25) is 9.78 Å². The second-order valence-electron chi connectivity index (χ2n) is 6.02. The SMILES string of the molecule is CC1(C)CCC(C(=O)NCc2cccnc2)CC1. The van der Waals surface area contributed by atoms with Gasteiger partial charge in [0.05, 0.1) is 0 Å². The molecule has 98 valence electrons. The molecule has 0 bridgehead atoms. The molecule has 0 radical (unpaired) electrons. The highest BCUT2D eigenvalue weighted by Crippen LogP contribution is 2.37. The Kier molecular flexibility index (Phi) is 4.00. The van der Waals surface area contributed by atoms with Gasteiger partial charge in [-0.25, -0.2) is 0 Å². The molecule has 3 nitrogen and oxygen atoms in total. The van der Waals surface area contributed by atoms with Crippen LogP contribution in [0.2, 0.25) is 0 Å². The minimum atomic E-state index is 0.203. The minimum absolute atomic E-state index is 0.203. The highest BCUT2D eigenvalue weighted by molar-refractivity contribution is 5.78. The summed E-state index contributed by atoms with van der Waals surface area (Å²) in [4.78, 5) is 16.1. The monoisotopic (exact) mass is 246 g/mol. The molecule has 1 heterocycles. The lowest BCUT2D eigenvalue weighted by Crippen LogP contribution is -2.34. The van der Waals surface area contributed by atoms with E-state index >= 15 is 0 Å². The van der Waals surface area contributed by atoms with E-state index in [0.29, 0.717) is 12.0 Å². The molecule has 1 aliphatic rings. The van der Waals surface area contributed by atoms with Crippen LogP contribution in [0.25, 0.3) is 0 Å². The smallest absolute Gasteiger partial charge is 0.223 e. The van der Waals surface area contributed by atoms with Crippen LogP contribution in [0.4, 0.5) is 0 Å². The zero-order chi connectivity index (χ0) is 13.0. The lowest BCUT2D eigenvalue weighted by atomic mass is 9.73. The summed E-state index contributed by atoms with van der Waals surface area (Å²) in [6.45, 7) is 5.17. The first-order chi connectivity index (χ1) is 8.57. The third-order valence-corrected chi connectivity index (χ3v) is 3.90. The van der Waals surface area contributed by atoms with E-state index in [1.54, 1.807) is 12.4 Å². The molecule has 0 aliphatic heterocycles. The van der Waals surface area contributed by atoms with Crippen LogP contribution < -0.4 is 5.32 Å². The Hall–Kier alpha value is -1.38. The molecular formula is C15H22N2O. The predicted molar refractivity (Wildman–Crippen MR) is 71.8 cm³/mol. The van der Waals surface area contributed by atoms with E-state index in [9.17, 15) is 4.79 Å². The molecule has 1 fully saturated rings. The van der Waals surface area contributed by atoms with Crippen molar-refractivity contribution in [3.05, 3.63) is 30.1 Å². The molecule has 1 N–H and O–H groups in total. The standard InChI is InChI=1S/C15H22N2O/c1-15(2)7-5-13(6-8-15)14(18)17-11-12-4-3-9-16-10-12/h3-4,9-10,13H,5-8,11H2,1-2H3,(H,17,18). The van der Waals surface area contributed by atoms with Crippen molar-refractivity contribution in [2.45, 2.75) is 46.1 Å². The van der Waals surface area contributed by atoms with Crippen molar-refractivity contribution in [1.29, 1.82) is 0 Å². The Bertz CT molecular complexity index is 390. The first-order valence-corrected chi connectivity index (χ1v) is 6.73. The van der Waals surface area contributed by atoms with E-state index in [0.717, 1.165) is 31.2 Å². The number of hydrogen-bond donors (Lipinski definition) is 1. The number of hydrogen-bond acceptors (Lipinski definition) is 2. The minimum Gasteiger partial charge on any atom is -0.352 e. The van der Waals surface area contributed by atoms with Crippen molar-refractivity contribution in [3.8, 4) is 0 Å². The lowest BCUT2D eigenvalue weighted by molar-refractivity contribution is -0.126. The number of aromatic nitrogens is 1. The largest absolute Gasteiger partial charge is 0.352 e. The first kappa shape index (κ1) is 13.1. The molecule has 1 aromatic heterocycles. The van der Waals surface area contributed by atoms with Gasteiger partial charge in [-0.1, -0.05) is 19.9 Å². The molecule has 1 saturated carbocycles. The number of nitrogens with one attached hydrogen (secondary N) is 1. The Morgan fingerprint density at radius 1 is 1.44 bits per heavy atom. The van der Waals surface area contributed by atoms with Gasteiger partial charge in [-0.05, 0) is 42.7 Å². The molecule has 1 aromatic rings. The summed E-state index contributed by atoms with van der Waals surface area (Å²) in [5.41, 5.74) is 1.47. The fourth-order valence-corrected chi connectivity index (χ4v) is 2.50. The molecular weight excluding hydrogens is 224 g/mol. The highest BCUT2D eigenvalue weighted by atomic mass is 16.1. The summed E-state index contributed by atoms with van der Waals surface area (Å²) in [5.74, 6) is 0.407. The van der Waals surface area contributed by atoms with E-state index in [4.69, 9.17) is 0 Å². The van der Waals surface area contributed by atoms with Gasteiger partial charge < -0.3 is 5.32 Å². The van der Waals surface area contributed by atoms with Crippen LogP contribution in [-0.4, -0.2) is 10.9 Å². The molecule has 18 heavy (non-hydrogen) atoms. The van der Waals surface area contributed by atoms with E-state index in [-0.39, 0.29) is 11.8 Å². The van der Waals surface area contributed by atoms with Crippen LogP contribution in [0.3, 0.4) is 0 Å². The third-order valence-electron chi connectivity index (χ3n) is 3.90. The maximum atomic E-state index is 12.1. The van der Waals surface area contributed by atoms with Crippen molar-refractivity contribution in [2.75, 3.05) is 0 Å². The fraction of sp³-hybridized carbons (Fsp3) is 0.600. The summed E-state index contributed by atoms with van der Waals surface area (Å²) in [6, 6.07) is 3.88. The number of carbonyl (C=O) groups excluding carboxylic acids is 1. The van der Waals surface area contributed by atoms with E-state index in [2.05, 4.69) is 24.1 Å². The van der Waals surface area contributed by atoms with Gasteiger partial charge in [0.1, 0.15) is 0 Å². The summed E-state index contributed by atoms with van der Waals surface area (Å²) in [5, 5.41) is 3.02. The number of rotatable bonds is 3. The van der Waals surface area contributed by atoms with E-state index in [1.165, 1.54) is 0 Å². The van der Waals surface area contributed by atoms with Gasteiger partial charge in [0.25, 0.3) is 0 Å². The highest BCUT2D eigenvalue weighted by Gasteiger charge is 2.30. The van der Waals surface area contributed by atoms with Gasteiger partial charge in [0.15, 0.2) is 0 Å². The van der Waals surface area contributed by atoms with Crippen molar-refractivity contribution in [2.24, 2.45) is 11.3 Å². The van der Waals surface area contributed by atoms with Gasteiger partial charge >= 0.3 is 0 Å². The molecule has 1 amide bonds. The number of nitrogens with zero attached hydrogens (tertiary/aromatic N) is 1. The summed E-state index contributed by atoms with van der Waals surface area (Å²) in [6.07, 6.45) is 7.88. The number of pyridine rings is 1. The van der Waals surface area contributed by atoms with Crippen LogP contribution in [0.15, 0.2) is 24.5 Å². The van der Waals surface area contributed by atoms with Crippen molar-refractivity contribution < 1.29 is 4.79 Å². The molecule has 0 saturated heterocycles. The van der Waals surface area contributed by atoms with Crippen molar-refractivity contribution >= 4 is 5.91 Å². The van der Waals surface area contributed by atoms with E-state index in [1.807, 2.05) is 12.1 Å². The normalized spacial score (nSPS) is 19.4. The maximum Gasteiger partial charge on any atom is 0.223 e. The molecule has 3 heteroatoms. The molecule has 0 aromatic carbocycles. The zero-order valence-corrected chi connectivity index (χ0v) is 11.3. The predicted octanol–water partition coefficient (Wildman–Crippen LogP) is 2.91. The summed E-state index contributed by atoms with van der Waals surface area (Å²) < 4.78 is 0. The summed E-state index contributed by atoms with van der Waals surface area (Å²) >= 11 is 0. The molecule has 0 unspecified atom stereocenters. The van der Waals surface area contributed by atoms with Gasteiger partial charge in [0, 0.05) is 24.9 Å². The first-order valence-electron chi connectivity index (χ1n) is 6.73. The Morgan fingerprint density at radius 2 is 2.17 bits per heavy atom. The lowest BCUT2D eigenvalue weighted by Gasteiger charge is -2.33. The molecule has 1 aliphatic carbocycles. The van der Waals surface area contributed by atoms with Crippen LogP contribution >= 0.6 is 0 Å². The van der Waals surface area contributed by atoms with Crippen molar-refractivity contribution in [1.82, 2.24) is 10.3 Å². The average Bonchev–Trinajstić information content (AvgIpc) is 2.37. The number of amides is 1.